The van der Waals surface area contributed by atoms with Crippen molar-refractivity contribution in [1.82, 2.24) is 5.32 Å². The van der Waals surface area contributed by atoms with Crippen molar-refractivity contribution in [2.45, 2.75) is 44.6 Å². The summed E-state index contributed by atoms with van der Waals surface area (Å²) in [6, 6.07) is 0. The Morgan fingerprint density at radius 1 is 1.40 bits per heavy atom. The highest BCUT2D eigenvalue weighted by Gasteiger charge is 2.23. The van der Waals surface area contributed by atoms with Crippen molar-refractivity contribution < 1.29 is 15.0 Å². The Kier molecular flexibility index (Phi) is 5.65. The number of aliphatic hydroxyl groups is 2. The molecule has 0 aromatic rings. The fourth-order valence-corrected chi connectivity index (χ4v) is 2.14. The molecule has 1 unspecified atom stereocenters. The smallest absolute Gasteiger partial charge is 0.220 e. The van der Waals surface area contributed by atoms with Crippen LogP contribution in [0.15, 0.2) is 0 Å². The Bertz CT molecular complexity index is 190. The van der Waals surface area contributed by atoms with E-state index >= 15 is 0 Å². The molecule has 0 radical (unpaired) electrons. The van der Waals surface area contributed by atoms with Gasteiger partial charge in [-0.1, -0.05) is 12.8 Å². The van der Waals surface area contributed by atoms with E-state index in [0.29, 0.717) is 25.3 Å². The molecular weight excluding hydrogens is 194 g/mol. The highest BCUT2D eigenvalue weighted by Crippen LogP contribution is 2.29. The molecule has 0 spiro atoms. The summed E-state index contributed by atoms with van der Waals surface area (Å²) >= 11 is 0. The zero-order valence-electron chi connectivity index (χ0n) is 9.11. The van der Waals surface area contributed by atoms with E-state index in [-0.39, 0.29) is 18.6 Å². The molecule has 0 bridgehead atoms. The van der Waals surface area contributed by atoms with E-state index in [1.807, 2.05) is 0 Å². The van der Waals surface area contributed by atoms with Gasteiger partial charge in [-0.2, -0.15) is 0 Å². The molecule has 0 aromatic carbocycles. The van der Waals surface area contributed by atoms with Gasteiger partial charge in [-0.15, -0.1) is 0 Å². The number of carbonyl (C=O) groups excluding carboxylic acids is 1. The third-order valence-electron chi connectivity index (χ3n) is 3.05. The minimum atomic E-state index is -0.327. The fourth-order valence-electron chi connectivity index (χ4n) is 2.14. The van der Waals surface area contributed by atoms with Crippen LogP contribution >= 0.6 is 0 Å². The average molecular weight is 215 g/mol. The molecule has 1 atom stereocenters. The van der Waals surface area contributed by atoms with Crippen LogP contribution in [0.1, 0.15) is 38.5 Å². The lowest BCUT2D eigenvalue weighted by Crippen LogP contribution is -2.28. The van der Waals surface area contributed by atoms with Gasteiger partial charge >= 0.3 is 0 Å². The summed E-state index contributed by atoms with van der Waals surface area (Å²) in [5, 5.41) is 20.9. The van der Waals surface area contributed by atoms with Crippen molar-refractivity contribution in [3.05, 3.63) is 0 Å². The van der Waals surface area contributed by atoms with Crippen molar-refractivity contribution in [2.24, 2.45) is 5.92 Å². The maximum absolute atomic E-state index is 11.2. The molecule has 4 heteroatoms. The summed E-state index contributed by atoms with van der Waals surface area (Å²) in [5.74, 6) is 0.316. The van der Waals surface area contributed by atoms with Crippen LogP contribution in [0, 0.1) is 5.92 Å². The second-order valence-electron chi connectivity index (χ2n) is 4.22. The topological polar surface area (TPSA) is 69.6 Å². The summed E-state index contributed by atoms with van der Waals surface area (Å²) in [4.78, 5) is 11.2. The van der Waals surface area contributed by atoms with Crippen LogP contribution in [0.2, 0.25) is 0 Å². The van der Waals surface area contributed by atoms with Gasteiger partial charge in [0.2, 0.25) is 5.91 Å². The van der Waals surface area contributed by atoms with Crippen LogP contribution in [0.5, 0.6) is 0 Å². The number of aliphatic hydroxyl groups excluding tert-OH is 2. The van der Waals surface area contributed by atoms with E-state index in [1.54, 1.807) is 0 Å². The largest absolute Gasteiger partial charge is 0.395 e. The van der Waals surface area contributed by atoms with Gasteiger partial charge in [0.15, 0.2) is 0 Å². The maximum atomic E-state index is 11.2. The van der Waals surface area contributed by atoms with Crippen LogP contribution < -0.4 is 5.32 Å². The van der Waals surface area contributed by atoms with E-state index in [4.69, 9.17) is 5.11 Å². The lowest BCUT2D eigenvalue weighted by molar-refractivity contribution is -0.122. The molecule has 4 nitrogen and oxygen atoms in total. The Morgan fingerprint density at radius 3 is 2.67 bits per heavy atom. The molecule has 1 saturated carbocycles. The first-order valence-electron chi connectivity index (χ1n) is 5.79. The first-order valence-corrected chi connectivity index (χ1v) is 5.79. The minimum absolute atomic E-state index is 0.0308. The van der Waals surface area contributed by atoms with Gasteiger partial charge in [0.1, 0.15) is 0 Å². The van der Waals surface area contributed by atoms with Crippen LogP contribution in [-0.2, 0) is 4.79 Å². The first-order chi connectivity index (χ1) is 7.24. The normalized spacial score (nSPS) is 19.1. The van der Waals surface area contributed by atoms with E-state index in [1.165, 1.54) is 12.8 Å². The van der Waals surface area contributed by atoms with Crippen molar-refractivity contribution in [3.63, 3.8) is 0 Å². The third-order valence-corrected chi connectivity index (χ3v) is 3.05. The van der Waals surface area contributed by atoms with Crippen molar-refractivity contribution in [2.75, 3.05) is 13.2 Å². The van der Waals surface area contributed by atoms with Gasteiger partial charge in [-0.05, 0) is 25.2 Å². The molecule has 1 fully saturated rings. The molecule has 0 heterocycles. The minimum Gasteiger partial charge on any atom is -0.395 e. The fraction of sp³-hybridized carbons (Fsp3) is 0.909. The molecule has 1 aliphatic rings. The number of nitrogens with one attached hydrogen (secondary N) is 1. The zero-order chi connectivity index (χ0) is 11.1. The molecule has 0 aliphatic heterocycles. The summed E-state index contributed by atoms with van der Waals surface area (Å²) in [6.45, 7) is 0.273. The number of hydrogen-bond acceptors (Lipinski definition) is 3. The summed E-state index contributed by atoms with van der Waals surface area (Å²) < 4.78 is 0. The second-order valence-corrected chi connectivity index (χ2v) is 4.22. The molecule has 0 aromatic heterocycles. The standard InChI is InChI=1S/C11H21NO3/c13-8-7-12-11(15)6-5-10(14)9-3-1-2-4-9/h9-10,13-14H,1-8H2,(H,12,15). The number of rotatable bonds is 6. The van der Waals surface area contributed by atoms with Crippen LogP contribution in [-0.4, -0.2) is 35.4 Å². The Balaban J connectivity index is 2.09. The lowest BCUT2D eigenvalue weighted by Gasteiger charge is -2.16. The van der Waals surface area contributed by atoms with E-state index in [9.17, 15) is 9.90 Å². The lowest BCUT2D eigenvalue weighted by atomic mass is 9.97. The highest BCUT2D eigenvalue weighted by atomic mass is 16.3. The van der Waals surface area contributed by atoms with Crippen LogP contribution in [0.4, 0.5) is 0 Å². The molecule has 1 rings (SSSR count). The number of amides is 1. The van der Waals surface area contributed by atoms with Gasteiger partial charge in [0, 0.05) is 13.0 Å². The quantitative estimate of drug-likeness (QED) is 0.601. The third kappa shape index (κ3) is 4.62. The van der Waals surface area contributed by atoms with Crippen molar-refractivity contribution in [3.8, 4) is 0 Å². The van der Waals surface area contributed by atoms with E-state index in [2.05, 4.69) is 5.32 Å². The van der Waals surface area contributed by atoms with Crippen LogP contribution in [0.25, 0.3) is 0 Å². The molecule has 0 saturated heterocycles. The highest BCUT2D eigenvalue weighted by molar-refractivity contribution is 5.75. The van der Waals surface area contributed by atoms with E-state index < -0.39 is 0 Å². The van der Waals surface area contributed by atoms with Crippen LogP contribution in [0.3, 0.4) is 0 Å². The molecule has 1 amide bonds. The first kappa shape index (κ1) is 12.5. The summed E-state index contributed by atoms with van der Waals surface area (Å²) in [6.07, 6.45) is 5.18. The van der Waals surface area contributed by atoms with Crippen molar-refractivity contribution >= 4 is 5.91 Å². The number of carbonyl (C=O) groups is 1. The molecule has 1 aliphatic carbocycles. The van der Waals surface area contributed by atoms with Crippen molar-refractivity contribution in [1.29, 1.82) is 0 Å². The molecule has 15 heavy (non-hydrogen) atoms. The van der Waals surface area contributed by atoms with Gasteiger partial charge in [0.05, 0.1) is 12.7 Å². The molecule has 3 N–H and O–H groups in total. The summed E-state index contributed by atoms with van der Waals surface area (Å²) in [5.41, 5.74) is 0. The van der Waals surface area contributed by atoms with Gasteiger partial charge in [0.25, 0.3) is 0 Å². The monoisotopic (exact) mass is 215 g/mol. The molecular formula is C11H21NO3. The Morgan fingerprint density at radius 2 is 2.07 bits per heavy atom. The average Bonchev–Trinajstić information content (AvgIpc) is 2.76. The SMILES string of the molecule is O=C(CCC(O)C1CCCC1)NCCO. The van der Waals surface area contributed by atoms with Gasteiger partial charge in [-0.3, -0.25) is 4.79 Å². The number of hydrogen-bond donors (Lipinski definition) is 3. The zero-order valence-corrected chi connectivity index (χ0v) is 9.11. The Labute approximate surface area is 90.7 Å². The summed E-state index contributed by atoms with van der Waals surface area (Å²) in [7, 11) is 0. The molecule has 88 valence electrons. The predicted octanol–water partition coefficient (Wildman–Crippen LogP) is 0.426. The predicted molar refractivity (Wildman–Crippen MR) is 57.3 cm³/mol. The maximum Gasteiger partial charge on any atom is 0.220 e. The van der Waals surface area contributed by atoms with Gasteiger partial charge < -0.3 is 15.5 Å². The Hall–Kier alpha value is -0.610. The van der Waals surface area contributed by atoms with E-state index in [0.717, 1.165) is 12.8 Å². The second kappa shape index (κ2) is 6.80. The van der Waals surface area contributed by atoms with Gasteiger partial charge in [-0.25, -0.2) is 0 Å².